The molecule has 0 saturated heterocycles. The van der Waals surface area contributed by atoms with Crippen LogP contribution in [0.1, 0.15) is 12.7 Å². The van der Waals surface area contributed by atoms with E-state index in [1.807, 2.05) is 6.92 Å². The van der Waals surface area contributed by atoms with Gasteiger partial charge in [0.25, 0.3) is 5.89 Å². The highest BCUT2D eigenvalue weighted by Gasteiger charge is 2.10. The van der Waals surface area contributed by atoms with Gasteiger partial charge in [0.1, 0.15) is 12.4 Å². The molecule has 2 aromatic rings. The Morgan fingerprint density at radius 3 is 3.00 bits per heavy atom. The molecule has 0 atom stereocenters. The molecule has 0 aliphatic rings. The number of ether oxygens (including phenoxy) is 1. The summed E-state index contributed by atoms with van der Waals surface area (Å²) in [7, 11) is 0. The van der Waals surface area contributed by atoms with Gasteiger partial charge in [-0.05, 0) is 25.1 Å². The number of aromatic hydroxyl groups is 1. The van der Waals surface area contributed by atoms with Gasteiger partial charge in [0, 0.05) is 12.2 Å². The van der Waals surface area contributed by atoms with Crippen LogP contribution in [0.5, 0.6) is 5.75 Å². The van der Waals surface area contributed by atoms with Crippen LogP contribution in [0, 0.1) is 0 Å². The number of nitrogens with zero attached hydrogens (tertiary/aromatic N) is 2. The second kappa shape index (κ2) is 5.16. The van der Waals surface area contributed by atoms with Crippen molar-refractivity contribution in [1.82, 2.24) is 10.1 Å². The summed E-state index contributed by atoms with van der Waals surface area (Å²) in [6.07, 6.45) is 0. The number of phenolic OH excluding ortho intramolecular Hbond substituents is 1. The Labute approximate surface area is 103 Å². The number of benzene rings is 1. The third-order valence-electron chi connectivity index (χ3n) is 2.10. The van der Waals surface area contributed by atoms with Crippen LogP contribution in [0.3, 0.4) is 0 Å². The number of phenols is 1. The fourth-order valence-electron chi connectivity index (χ4n) is 1.26. The molecule has 0 aliphatic carbocycles. The van der Waals surface area contributed by atoms with E-state index in [2.05, 4.69) is 10.1 Å². The highest BCUT2D eigenvalue weighted by Crippen LogP contribution is 2.28. The molecule has 0 unspecified atom stereocenters. The Bertz CT molecular complexity index is 513. The lowest BCUT2D eigenvalue weighted by Crippen LogP contribution is -1.93. The quantitative estimate of drug-likeness (QED) is 0.908. The van der Waals surface area contributed by atoms with Crippen LogP contribution in [0.2, 0.25) is 5.02 Å². The maximum atomic E-state index is 9.29. The number of hydrogen-bond acceptors (Lipinski definition) is 5. The van der Waals surface area contributed by atoms with Gasteiger partial charge in [-0.25, -0.2) is 0 Å². The SMILES string of the molecule is CCOCc1noc(-c2ccc(O)c(Cl)c2)n1. The Hall–Kier alpha value is -1.59. The molecule has 1 aromatic carbocycles. The molecular formula is C11H11ClN2O3. The van der Waals surface area contributed by atoms with E-state index in [-0.39, 0.29) is 10.8 Å². The fraction of sp³-hybridized carbons (Fsp3) is 0.273. The standard InChI is InChI=1S/C11H11ClN2O3/c1-2-16-6-10-13-11(17-14-10)7-3-4-9(15)8(12)5-7/h3-5,15H,2,6H2,1H3. The third kappa shape index (κ3) is 2.75. The average Bonchev–Trinajstić information content (AvgIpc) is 2.79. The van der Waals surface area contributed by atoms with Crippen molar-refractivity contribution in [3.05, 3.63) is 29.0 Å². The van der Waals surface area contributed by atoms with Gasteiger partial charge in [-0.1, -0.05) is 16.8 Å². The maximum Gasteiger partial charge on any atom is 0.258 e. The van der Waals surface area contributed by atoms with Crippen LogP contribution >= 0.6 is 11.6 Å². The van der Waals surface area contributed by atoms with E-state index in [0.717, 1.165) is 0 Å². The summed E-state index contributed by atoms with van der Waals surface area (Å²) in [5.41, 5.74) is 0.656. The molecule has 0 spiro atoms. The van der Waals surface area contributed by atoms with Crippen LogP contribution in [0.4, 0.5) is 0 Å². The van der Waals surface area contributed by atoms with Gasteiger partial charge in [0.2, 0.25) is 0 Å². The monoisotopic (exact) mass is 254 g/mol. The summed E-state index contributed by atoms with van der Waals surface area (Å²) in [6, 6.07) is 4.69. The topological polar surface area (TPSA) is 68.4 Å². The first-order valence-corrected chi connectivity index (χ1v) is 5.47. The lowest BCUT2D eigenvalue weighted by Gasteiger charge is -1.97. The Kier molecular flexibility index (Phi) is 3.61. The minimum atomic E-state index is 0.0180. The molecule has 90 valence electrons. The smallest absolute Gasteiger partial charge is 0.258 e. The molecule has 1 N–H and O–H groups in total. The van der Waals surface area contributed by atoms with Crippen molar-refractivity contribution in [2.45, 2.75) is 13.5 Å². The zero-order valence-electron chi connectivity index (χ0n) is 9.18. The average molecular weight is 255 g/mol. The van der Waals surface area contributed by atoms with Crippen LogP contribution in [0.25, 0.3) is 11.5 Å². The first kappa shape index (κ1) is 11.9. The van der Waals surface area contributed by atoms with E-state index in [1.54, 1.807) is 12.1 Å². The van der Waals surface area contributed by atoms with E-state index in [9.17, 15) is 5.11 Å². The van der Waals surface area contributed by atoms with Crippen molar-refractivity contribution < 1.29 is 14.4 Å². The largest absolute Gasteiger partial charge is 0.506 e. The van der Waals surface area contributed by atoms with Gasteiger partial charge < -0.3 is 14.4 Å². The van der Waals surface area contributed by atoms with Crippen molar-refractivity contribution in [3.8, 4) is 17.2 Å². The Morgan fingerprint density at radius 1 is 1.47 bits per heavy atom. The van der Waals surface area contributed by atoms with Gasteiger partial charge in [-0.2, -0.15) is 4.98 Å². The van der Waals surface area contributed by atoms with E-state index in [1.165, 1.54) is 6.07 Å². The summed E-state index contributed by atoms with van der Waals surface area (Å²) in [4.78, 5) is 4.15. The fourth-order valence-corrected chi connectivity index (χ4v) is 1.44. The highest BCUT2D eigenvalue weighted by atomic mass is 35.5. The van der Waals surface area contributed by atoms with Gasteiger partial charge in [0.05, 0.1) is 5.02 Å². The summed E-state index contributed by atoms with van der Waals surface area (Å²) in [5, 5.41) is 13.3. The van der Waals surface area contributed by atoms with E-state index in [0.29, 0.717) is 30.5 Å². The molecule has 0 bridgehead atoms. The molecule has 0 saturated carbocycles. The Balaban J connectivity index is 2.21. The van der Waals surface area contributed by atoms with Crippen LogP contribution in [0.15, 0.2) is 22.7 Å². The van der Waals surface area contributed by atoms with Crippen LogP contribution < -0.4 is 0 Å². The predicted octanol–water partition coefficient (Wildman–Crippen LogP) is 2.63. The van der Waals surface area contributed by atoms with E-state index in [4.69, 9.17) is 20.9 Å². The van der Waals surface area contributed by atoms with Gasteiger partial charge in [-0.15, -0.1) is 0 Å². The lowest BCUT2D eigenvalue weighted by atomic mass is 10.2. The predicted molar refractivity (Wildman–Crippen MR) is 61.7 cm³/mol. The van der Waals surface area contributed by atoms with Crippen molar-refractivity contribution >= 4 is 11.6 Å². The van der Waals surface area contributed by atoms with Gasteiger partial charge >= 0.3 is 0 Å². The number of aromatic nitrogens is 2. The van der Waals surface area contributed by atoms with Crippen molar-refractivity contribution in [3.63, 3.8) is 0 Å². The normalized spacial score (nSPS) is 10.7. The molecule has 0 amide bonds. The molecular weight excluding hydrogens is 244 g/mol. The van der Waals surface area contributed by atoms with Gasteiger partial charge in [0.15, 0.2) is 5.82 Å². The molecule has 6 heteroatoms. The summed E-state index contributed by atoms with van der Waals surface area (Å²) < 4.78 is 10.2. The zero-order valence-corrected chi connectivity index (χ0v) is 9.94. The molecule has 1 aromatic heterocycles. The molecule has 0 radical (unpaired) electrons. The summed E-state index contributed by atoms with van der Waals surface area (Å²) in [5.74, 6) is 0.845. The highest BCUT2D eigenvalue weighted by molar-refractivity contribution is 6.32. The molecule has 0 fully saturated rings. The molecule has 5 nitrogen and oxygen atoms in total. The van der Waals surface area contributed by atoms with Crippen molar-refractivity contribution in [2.24, 2.45) is 0 Å². The van der Waals surface area contributed by atoms with Crippen LogP contribution in [-0.4, -0.2) is 21.9 Å². The van der Waals surface area contributed by atoms with Gasteiger partial charge in [-0.3, -0.25) is 0 Å². The van der Waals surface area contributed by atoms with Crippen molar-refractivity contribution in [2.75, 3.05) is 6.61 Å². The minimum absolute atomic E-state index is 0.0180. The van der Waals surface area contributed by atoms with Crippen LogP contribution in [-0.2, 0) is 11.3 Å². The van der Waals surface area contributed by atoms with E-state index < -0.39 is 0 Å². The number of halogens is 1. The first-order valence-electron chi connectivity index (χ1n) is 5.10. The summed E-state index contributed by atoms with van der Waals surface area (Å²) in [6.45, 7) is 2.79. The second-order valence-corrected chi connectivity index (χ2v) is 3.73. The first-order chi connectivity index (χ1) is 8.20. The molecule has 2 rings (SSSR count). The minimum Gasteiger partial charge on any atom is -0.506 e. The lowest BCUT2D eigenvalue weighted by molar-refractivity contribution is 0.126. The summed E-state index contributed by atoms with van der Waals surface area (Å²) >= 11 is 5.79. The maximum absolute atomic E-state index is 9.29. The Morgan fingerprint density at radius 2 is 2.29 bits per heavy atom. The molecule has 17 heavy (non-hydrogen) atoms. The number of hydrogen-bond donors (Lipinski definition) is 1. The molecule has 0 aliphatic heterocycles. The zero-order chi connectivity index (χ0) is 12.3. The number of rotatable bonds is 4. The van der Waals surface area contributed by atoms with Crippen molar-refractivity contribution in [1.29, 1.82) is 0 Å². The third-order valence-corrected chi connectivity index (χ3v) is 2.40. The molecule has 1 heterocycles. The second-order valence-electron chi connectivity index (χ2n) is 3.32. The van der Waals surface area contributed by atoms with E-state index >= 15 is 0 Å².